The van der Waals surface area contributed by atoms with Crippen LogP contribution in [0.3, 0.4) is 0 Å². The van der Waals surface area contributed by atoms with Gasteiger partial charge in [-0.05, 0) is 50.4 Å². The summed E-state index contributed by atoms with van der Waals surface area (Å²) in [5, 5.41) is 3.20. The predicted octanol–water partition coefficient (Wildman–Crippen LogP) is 1.45. The lowest BCUT2D eigenvalue weighted by Crippen LogP contribution is -2.18. The van der Waals surface area contributed by atoms with Crippen LogP contribution in [-0.4, -0.2) is 30.7 Å². The van der Waals surface area contributed by atoms with Crippen molar-refractivity contribution in [2.45, 2.75) is 6.42 Å². The molecule has 1 aromatic rings. The number of benzene rings is 1. The van der Waals surface area contributed by atoms with Crippen LogP contribution in [0.25, 0.3) is 0 Å². The fourth-order valence-corrected chi connectivity index (χ4v) is 1.37. The van der Waals surface area contributed by atoms with Crippen LogP contribution < -0.4 is 11.1 Å². The third kappa shape index (κ3) is 4.76. The Labute approximate surface area is 96.3 Å². The second-order valence-electron chi connectivity index (χ2n) is 3.74. The third-order valence-electron chi connectivity index (χ3n) is 2.07. The molecule has 0 bridgehead atoms. The summed E-state index contributed by atoms with van der Waals surface area (Å²) < 4.78 is 0. The minimum absolute atomic E-state index is 0.302. The van der Waals surface area contributed by atoms with Gasteiger partial charge in [0.05, 0.1) is 0 Å². The van der Waals surface area contributed by atoms with E-state index in [9.17, 15) is 0 Å². The zero-order valence-electron chi connectivity index (χ0n) is 9.16. The van der Waals surface area contributed by atoms with Crippen molar-refractivity contribution in [1.82, 2.24) is 4.90 Å². The van der Waals surface area contributed by atoms with Crippen LogP contribution in [0.4, 0.5) is 5.69 Å². The molecule has 0 aliphatic rings. The van der Waals surface area contributed by atoms with Gasteiger partial charge in [-0.1, -0.05) is 12.1 Å². The normalized spacial score (nSPS) is 10.3. The summed E-state index contributed by atoms with van der Waals surface area (Å²) in [5.41, 5.74) is 7.63. The van der Waals surface area contributed by atoms with E-state index in [0.29, 0.717) is 5.11 Å². The van der Waals surface area contributed by atoms with Crippen molar-refractivity contribution in [2.24, 2.45) is 5.73 Å². The van der Waals surface area contributed by atoms with Crippen molar-refractivity contribution < 1.29 is 0 Å². The van der Waals surface area contributed by atoms with Gasteiger partial charge in [-0.25, -0.2) is 0 Å². The lowest BCUT2D eigenvalue weighted by molar-refractivity contribution is 0.413. The van der Waals surface area contributed by atoms with Gasteiger partial charge in [-0.2, -0.15) is 0 Å². The van der Waals surface area contributed by atoms with Crippen molar-refractivity contribution in [1.29, 1.82) is 0 Å². The number of likely N-dealkylation sites (N-methyl/N-ethyl adjacent to an activating group) is 1. The summed E-state index contributed by atoms with van der Waals surface area (Å²) in [7, 11) is 4.14. The zero-order chi connectivity index (χ0) is 11.3. The lowest BCUT2D eigenvalue weighted by atomic mass is 10.1. The molecular formula is C11H17N3S. The molecule has 4 heteroatoms. The minimum Gasteiger partial charge on any atom is -0.376 e. The Bertz CT molecular complexity index is 319. The van der Waals surface area contributed by atoms with Crippen LogP contribution in [-0.2, 0) is 6.42 Å². The summed E-state index contributed by atoms with van der Waals surface area (Å²) in [4.78, 5) is 2.17. The first-order chi connectivity index (χ1) is 7.08. The fourth-order valence-electron chi connectivity index (χ4n) is 1.25. The Balaban J connectivity index is 2.52. The summed E-state index contributed by atoms with van der Waals surface area (Å²) in [5.74, 6) is 0. The van der Waals surface area contributed by atoms with Crippen molar-refractivity contribution in [3.05, 3.63) is 29.8 Å². The van der Waals surface area contributed by atoms with Gasteiger partial charge in [0.15, 0.2) is 5.11 Å². The molecule has 0 aromatic heterocycles. The highest BCUT2D eigenvalue weighted by atomic mass is 32.1. The highest BCUT2D eigenvalue weighted by molar-refractivity contribution is 7.80. The van der Waals surface area contributed by atoms with E-state index >= 15 is 0 Å². The molecule has 0 atom stereocenters. The summed E-state index contributed by atoms with van der Waals surface area (Å²) >= 11 is 4.76. The number of rotatable bonds is 4. The van der Waals surface area contributed by atoms with Crippen LogP contribution in [0.2, 0.25) is 0 Å². The SMILES string of the molecule is CN(C)CCc1ccc(NC(N)=S)cc1. The first kappa shape index (κ1) is 11.9. The van der Waals surface area contributed by atoms with Gasteiger partial charge in [0, 0.05) is 12.2 Å². The average molecular weight is 223 g/mol. The molecular weight excluding hydrogens is 206 g/mol. The molecule has 0 fully saturated rings. The van der Waals surface area contributed by atoms with Crippen molar-refractivity contribution in [2.75, 3.05) is 26.0 Å². The average Bonchev–Trinajstić information content (AvgIpc) is 2.16. The highest BCUT2D eigenvalue weighted by Gasteiger charge is 1.96. The van der Waals surface area contributed by atoms with Crippen LogP contribution in [0.5, 0.6) is 0 Å². The van der Waals surface area contributed by atoms with Crippen LogP contribution in [0.15, 0.2) is 24.3 Å². The first-order valence-corrected chi connectivity index (χ1v) is 5.29. The molecule has 1 aromatic carbocycles. The van der Waals surface area contributed by atoms with Gasteiger partial charge in [0.2, 0.25) is 0 Å². The van der Waals surface area contributed by atoms with Gasteiger partial charge in [0.1, 0.15) is 0 Å². The van der Waals surface area contributed by atoms with E-state index in [4.69, 9.17) is 18.0 Å². The molecule has 0 heterocycles. The molecule has 0 unspecified atom stereocenters. The second kappa shape index (κ2) is 5.68. The topological polar surface area (TPSA) is 41.3 Å². The van der Waals surface area contributed by atoms with Crippen LogP contribution in [0.1, 0.15) is 5.56 Å². The molecule has 1 rings (SSSR count). The summed E-state index contributed by atoms with van der Waals surface area (Å²) in [6, 6.07) is 8.16. The quantitative estimate of drug-likeness (QED) is 0.758. The van der Waals surface area contributed by atoms with Crippen LogP contribution in [0, 0.1) is 0 Å². The van der Waals surface area contributed by atoms with Crippen molar-refractivity contribution in [3.8, 4) is 0 Å². The van der Waals surface area contributed by atoms with Crippen molar-refractivity contribution in [3.63, 3.8) is 0 Å². The molecule has 3 N–H and O–H groups in total. The van der Waals surface area contributed by atoms with Gasteiger partial charge >= 0.3 is 0 Å². The predicted molar refractivity (Wildman–Crippen MR) is 69.1 cm³/mol. The van der Waals surface area contributed by atoms with E-state index in [1.54, 1.807) is 0 Å². The zero-order valence-corrected chi connectivity index (χ0v) is 9.97. The molecule has 0 saturated heterocycles. The summed E-state index contributed by atoms with van der Waals surface area (Å²) in [6.07, 6.45) is 1.06. The van der Waals surface area contributed by atoms with Crippen LogP contribution >= 0.6 is 12.2 Å². The molecule has 0 radical (unpaired) electrons. The Morgan fingerprint density at radius 1 is 1.33 bits per heavy atom. The largest absolute Gasteiger partial charge is 0.376 e. The maximum Gasteiger partial charge on any atom is 0.168 e. The highest BCUT2D eigenvalue weighted by Crippen LogP contribution is 2.09. The molecule has 0 aliphatic carbocycles. The number of hydrogen-bond acceptors (Lipinski definition) is 2. The molecule has 0 aliphatic heterocycles. The van der Waals surface area contributed by atoms with Gasteiger partial charge in [-0.15, -0.1) is 0 Å². The van der Waals surface area contributed by atoms with E-state index in [1.165, 1.54) is 5.56 Å². The van der Waals surface area contributed by atoms with E-state index < -0.39 is 0 Å². The summed E-state index contributed by atoms with van der Waals surface area (Å²) in [6.45, 7) is 1.06. The van der Waals surface area contributed by atoms with E-state index in [1.807, 2.05) is 12.1 Å². The number of anilines is 1. The standard InChI is InChI=1S/C11H17N3S/c1-14(2)8-7-9-3-5-10(6-4-9)13-11(12)15/h3-6H,7-8H2,1-2H3,(H3,12,13,15). The Hall–Kier alpha value is -1.13. The molecule has 82 valence electrons. The molecule has 3 nitrogen and oxygen atoms in total. The molecule has 0 saturated carbocycles. The Morgan fingerprint density at radius 3 is 2.40 bits per heavy atom. The van der Waals surface area contributed by atoms with Gasteiger partial charge in [0.25, 0.3) is 0 Å². The maximum atomic E-state index is 5.37. The monoisotopic (exact) mass is 223 g/mol. The molecule has 15 heavy (non-hydrogen) atoms. The number of thiocarbonyl (C=S) groups is 1. The first-order valence-electron chi connectivity index (χ1n) is 4.88. The van der Waals surface area contributed by atoms with Crippen molar-refractivity contribution >= 4 is 23.0 Å². The van der Waals surface area contributed by atoms with E-state index in [-0.39, 0.29) is 0 Å². The molecule has 0 amide bonds. The second-order valence-corrected chi connectivity index (χ2v) is 4.18. The minimum atomic E-state index is 0.302. The van der Waals surface area contributed by atoms with E-state index in [0.717, 1.165) is 18.7 Å². The third-order valence-corrected chi connectivity index (χ3v) is 2.17. The molecule has 0 spiro atoms. The fraction of sp³-hybridized carbons (Fsp3) is 0.364. The van der Waals surface area contributed by atoms with Gasteiger partial charge < -0.3 is 16.0 Å². The maximum absolute atomic E-state index is 5.37. The van der Waals surface area contributed by atoms with E-state index in [2.05, 4.69) is 36.4 Å². The number of nitrogens with two attached hydrogens (primary N) is 1. The number of nitrogens with zero attached hydrogens (tertiary/aromatic N) is 1. The smallest absolute Gasteiger partial charge is 0.168 e. The van der Waals surface area contributed by atoms with Gasteiger partial charge in [-0.3, -0.25) is 0 Å². The number of hydrogen-bond donors (Lipinski definition) is 2. The Morgan fingerprint density at radius 2 is 1.93 bits per heavy atom. The lowest BCUT2D eigenvalue weighted by Gasteiger charge is -2.09. The Kier molecular flexibility index (Phi) is 4.52. The number of nitrogens with one attached hydrogen (secondary N) is 1.